The van der Waals surface area contributed by atoms with Gasteiger partial charge in [-0.3, -0.25) is 4.79 Å². The van der Waals surface area contributed by atoms with Gasteiger partial charge in [-0.1, -0.05) is 33.6 Å². The zero-order valence-corrected chi connectivity index (χ0v) is 11.5. The highest BCUT2D eigenvalue weighted by molar-refractivity contribution is 9.09. The second-order valence-corrected chi connectivity index (χ2v) is 5.07. The van der Waals surface area contributed by atoms with Crippen LogP contribution in [0, 0.1) is 5.82 Å². The third-order valence-corrected chi connectivity index (χ3v) is 2.91. The lowest BCUT2D eigenvalue weighted by molar-refractivity contribution is 0.0946. The molecule has 0 aliphatic rings. The van der Waals surface area contributed by atoms with Crippen LogP contribution in [-0.2, 0) is 4.74 Å². The summed E-state index contributed by atoms with van der Waals surface area (Å²) in [6, 6.07) is 4.31. The summed E-state index contributed by atoms with van der Waals surface area (Å²) in [6.07, 6.45) is 0. The van der Waals surface area contributed by atoms with Gasteiger partial charge in [0.1, 0.15) is 0 Å². The van der Waals surface area contributed by atoms with Gasteiger partial charge in [-0.15, -0.1) is 0 Å². The SMILES string of the molecule is COCC(Br)CNC(=O)c1cccc(Cl)c1F. The normalized spacial score (nSPS) is 12.2. The van der Waals surface area contributed by atoms with Crippen molar-refractivity contribution >= 4 is 33.4 Å². The molecular weight excluding hydrogens is 312 g/mol. The summed E-state index contributed by atoms with van der Waals surface area (Å²) >= 11 is 8.90. The van der Waals surface area contributed by atoms with Crippen LogP contribution >= 0.6 is 27.5 Å². The third-order valence-electron chi connectivity index (χ3n) is 2.03. The predicted molar refractivity (Wildman–Crippen MR) is 68.3 cm³/mol. The number of rotatable bonds is 5. The fraction of sp³-hybridized carbons (Fsp3) is 0.364. The number of ether oxygens (including phenoxy) is 1. The minimum Gasteiger partial charge on any atom is -0.383 e. The zero-order chi connectivity index (χ0) is 12.8. The van der Waals surface area contributed by atoms with Gasteiger partial charge in [-0.25, -0.2) is 4.39 Å². The molecule has 6 heteroatoms. The molecule has 1 aromatic rings. The van der Waals surface area contributed by atoms with E-state index in [0.717, 1.165) is 0 Å². The van der Waals surface area contributed by atoms with Crippen LogP contribution in [0.1, 0.15) is 10.4 Å². The first-order valence-corrected chi connectivity index (χ1v) is 6.20. The van der Waals surface area contributed by atoms with Crippen LogP contribution in [0.15, 0.2) is 18.2 Å². The Morgan fingerprint density at radius 2 is 2.35 bits per heavy atom. The Morgan fingerprint density at radius 1 is 1.65 bits per heavy atom. The lowest BCUT2D eigenvalue weighted by Gasteiger charge is -2.10. The first-order valence-electron chi connectivity index (χ1n) is 4.91. The maximum absolute atomic E-state index is 13.5. The minimum atomic E-state index is -0.704. The molecule has 0 aliphatic carbocycles. The number of amides is 1. The molecule has 94 valence electrons. The van der Waals surface area contributed by atoms with E-state index in [2.05, 4.69) is 21.2 Å². The first kappa shape index (κ1) is 14.4. The number of halogens is 3. The highest BCUT2D eigenvalue weighted by Crippen LogP contribution is 2.17. The summed E-state index contributed by atoms with van der Waals surface area (Å²) in [5, 5.41) is 2.52. The summed E-state index contributed by atoms with van der Waals surface area (Å²) in [7, 11) is 1.56. The predicted octanol–water partition coefficient (Wildman–Crippen LogP) is 2.62. The fourth-order valence-electron chi connectivity index (χ4n) is 1.22. The largest absolute Gasteiger partial charge is 0.383 e. The Labute approximate surface area is 112 Å². The van der Waals surface area contributed by atoms with Gasteiger partial charge in [0.25, 0.3) is 5.91 Å². The summed E-state index contributed by atoms with van der Waals surface area (Å²) in [5.74, 6) is -1.20. The van der Waals surface area contributed by atoms with E-state index in [-0.39, 0.29) is 15.4 Å². The molecule has 0 fully saturated rings. The Hall–Kier alpha value is -0.650. The van der Waals surface area contributed by atoms with Crippen LogP contribution in [-0.4, -0.2) is 31.0 Å². The van der Waals surface area contributed by atoms with Gasteiger partial charge >= 0.3 is 0 Å². The molecule has 0 heterocycles. The van der Waals surface area contributed by atoms with Gasteiger partial charge in [-0.05, 0) is 12.1 Å². The topological polar surface area (TPSA) is 38.3 Å². The molecular formula is C11H12BrClFNO2. The van der Waals surface area contributed by atoms with Crippen molar-refractivity contribution in [1.82, 2.24) is 5.32 Å². The van der Waals surface area contributed by atoms with Crippen molar-refractivity contribution in [2.24, 2.45) is 0 Å². The average molecular weight is 325 g/mol. The van der Waals surface area contributed by atoms with Crippen LogP contribution in [0.25, 0.3) is 0 Å². The maximum Gasteiger partial charge on any atom is 0.254 e. The van der Waals surface area contributed by atoms with Crippen LogP contribution < -0.4 is 5.32 Å². The minimum absolute atomic E-state index is 0.0151. The van der Waals surface area contributed by atoms with Crippen LogP contribution in [0.2, 0.25) is 5.02 Å². The number of hydrogen-bond donors (Lipinski definition) is 1. The second kappa shape index (κ2) is 6.93. The van der Waals surface area contributed by atoms with E-state index >= 15 is 0 Å². The van der Waals surface area contributed by atoms with E-state index in [4.69, 9.17) is 16.3 Å². The maximum atomic E-state index is 13.5. The number of hydrogen-bond acceptors (Lipinski definition) is 2. The van der Waals surface area contributed by atoms with Crippen molar-refractivity contribution in [3.8, 4) is 0 Å². The van der Waals surface area contributed by atoms with E-state index in [0.29, 0.717) is 13.2 Å². The molecule has 0 bridgehead atoms. The van der Waals surface area contributed by atoms with E-state index in [1.54, 1.807) is 7.11 Å². The number of methoxy groups -OCH3 is 1. The van der Waals surface area contributed by atoms with Crippen molar-refractivity contribution < 1.29 is 13.9 Å². The summed E-state index contributed by atoms with van der Waals surface area (Å²) < 4.78 is 18.4. The summed E-state index contributed by atoms with van der Waals surface area (Å²) in [5.41, 5.74) is -0.0605. The van der Waals surface area contributed by atoms with Gasteiger partial charge in [0, 0.05) is 13.7 Å². The van der Waals surface area contributed by atoms with Crippen molar-refractivity contribution in [2.45, 2.75) is 4.83 Å². The lowest BCUT2D eigenvalue weighted by Crippen LogP contribution is -2.31. The highest BCUT2D eigenvalue weighted by atomic mass is 79.9. The molecule has 1 aromatic carbocycles. The third kappa shape index (κ3) is 4.26. The van der Waals surface area contributed by atoms with E-state index in [1.807, 2.05) is 0 Å². The molecule has 1 atom stereocenters. The zero-order valence-electron chi connectivity index (χ0n) is 9.17. The molecule has 1 amide bonds. The van der Waals surface area contributed by atoms with Crippen molar-refractivity contribution in [3.05, 3.63) is 34.6 Å². The van der Waals surface area contributed by atoms with Gasteiger partial charge in [-0.2, -0.15) is 0 Å². The second-order valence-electron chi connectivity index (χ2n) is 3.36. The van der Waals surface area contributed by atoms with Crippen LogP contribution in [0.5, 0.6) is 0 Å². The summed E-state index contributed by atoms with van der Waals surface area (Å²) in [4.78, 5) is 11.6. The Balaban J connectivity index is 2.61. The quantitative estimate of drug-likeness (QED) is 0.846. The van der Waals surface area contributed by atoms with Gasteiger partial charge < -0.3 is 10.1 Å². The summed E-state index contributed by atoms with van der Waals surface area (Å²) in [6.45, 7) is 0.803. The Kier molecular flexibility index (Phi) is 5.88. The van der Waals surface area contributed by atoms with E-state index < -0.39 is 11.7 Å². The van der Waals surface area contributed by atoms with E-state index in [9.17, 15) is 9.18 Å². The van der Waals surface area contributed by atoms with Crippen LogP contribution in [0.4, 0.5) is 4.39 Å². The first-order chi connectivity index (χ1) is 8.06. The van der Waals surface area contributed by atoms with Crippen LogP contribution in [0.3, 0.4) is 0 Å². The molecule has 17 heavy (non-hydrogen) atoms. The molecule has 0 saturated carbocycles. The lowest BCUT2D eigenvalue weighted by atomic mass is 10.2. The molecule has 1 unspecified atom stereocenters. The molecule has 0 aliphatic heterocycles. The monoisotopic (exact) mass is 323 g/mol. The molecule has 0 spiro atoms. The number of benzene rings is 1. The van der Waals surface area contributed by atoms with Gasteiger partial charge in [0.15, 0.2) is 5.82 Å². The number of alkyl halides is 1. The molecule has 0 aromatic heterocycles. The number of nitrogens with one attached hydrogen (secondary N) is 1. The standard InChI is InChI=1S/C11H12BrClFNO2/c1-17-6-7(12)5-15-11(16)8-3-2-4-9(13)10(8)14/h2-4,7H,5-6H2,1H3,(H,15,16). The number of carbonyl (C=O) groups is 1. The molecule has 0 radical (unpaired) electrons. The Bertz CT molecular complexity index is 403. The average Bonchev–Trinajstić information content (AvgIpc) is 2.30. The van der Waals surface area contributed by atoms with E-state index in [1.165, 1.54) is 18.2 Å². The smallest absolute Gasteiger partial charge is 0.254 e. The van der Waals surface area contributed by atoms with Crippen molar-refractivity contribution in [2.75, 3.05) is 20.3 Å². The van der Waals surface area contributed by atoms with Crippen molar-refractivity contribution in [1.29, 1.82) is 0 Å². The molecule has 0 saturated heterocycles. The highest BCUT2D eigenvalue weighted by Gasteiger charge is 2.14. The Morgan fingerprint density at radius 3 is 3.00 bits per heavy atom. The molecule has 3 nitrogen and oxygen atoms in total. The molecule has 1 N–H and O–H groups in total. The fourth-order valence-corrected chi connectivity index (χ4v) is 1.82. The molecule has 1 rings (SSSR count). The van der Waals surface area contributed by atoms with Crippen molar-refractivity contribution in [3.63, 3.8) is 0 Å². The number of carbonyl (C=O) groups excluding carboxylic acids is 1. The van der Waals surface area contributed by atoms with Gasteiger partial charge in [0.2, 0.25) is 0 Å². The van der Waals surface area contributed by atoms with Gasteiger partial charge in [0.05, 0.1) is 22.0 Å².